The maximum absolute atomic E-state index is 13.3. The van der Waals surface area contributed by atoms with E-state index in [1.807, 2.05) is 53.4 Å². The van der Waals surface area contributed by atoms with Gasteiger partial charge < -0.3 is 24.2 Å². The van der Waals surface area contributed by atoms with Gasteiger partial charge in [-0.2, -0.15) is 0 Å². The SMILES string of the molecule is COc1cccc(N2CCN(C(=O)c3ccc4c(c3)N(Cc3ccccc3)C(=O)CO4)CC2)c1. The van der Waals surface area contributed by atoms with Crippen LogP contribution in [0.15, 0.2) is 72.8 Å². The summed E-state index contributed by atoms with van der Waals surface area (Å²) in [5, 5.41) is 0. The average molecular weight is 458 g/mol. The lowest BCUT2D eigenvalue weighted by molar-refractivity contribution is -0.121. The Hall–Kier alpha value is -4.00. The lowest BCUT2D eigenvalue weighted by Crippen LogP contribution is -2.48. The fourth-order valence-corrected chi connectivity index (χ4v) is 4.43. The summed E-state index contributed by atoms with van der Waals surface area (Å²) >= 11 is 0. The molecule has 0 N–H and O–H groups in total. The van der Waals surface area contributed by atoms with Crippen molar-refractivity contribution in [1.29, 1.82) is 0 Å². The average Bonchev–Trinajstić information content (AvgIpc) is 2.90. The van der Waals surface area contributed by atoms with Crippen LogP contribution in [-0.2, 0) is 11.3 Å². The summed E-state index contributed by atoms with van der Waals surface area (Å²) in [6, 6.07) is 23.2. The smallest absolute Gasteiger partial charge is 0.265 e. The Morgan fingerprint density at radius 2 is 1.74 bits per heavy atom. The predicted molar refractivity (Wildman–Crippen MR) is 131 cm³/mol. The number of methoxy groups -OCH3 is 1. The van der Waals surface area contributed by atoms with Crippen LogP contribution in [0.5, 0.6) is 11.5 Å². The monoisotopic (exact) mass is 457 g/mol. The van der Waals surface area contributed by atoms with Crippen LogP contribution >= 0.6 is 0 Å². The van der Waals surface area contributed by atoms with E-state index in [2.05, 4.69) is 11.0 Å². The Kier molecular flexibility index (Phi) is 6.08. The predicted octanol–water partition coefficient (Wildman–Crippen LogP) is 3.58. The Labute approximate surface area is 199 Å². The molecule has 2 aliphatic heterocycles. The van der Waals surface area contributed by atoms with Crippen LogP contribution in [-0.4, -0.2) is 56.6 Å². The van der Waals surface area contributed by atoms with Crippen molar-refractivity contribution in [3.8, 4) is 11.5 Å². The van der Waals surface area contributed by atoms with E-state index in [-0.39, 0.29) is 18.4 Å². The fraction of sp³-hybridized carbons (Fsp3) is 0.259. The van der Waals surface area contributed by atoms with E-state index >= 15 is 0 Å². The highest BCUT2D eigenvalue weighted by atomic mass is 16.5. The van der Waals surface area contributed by atoms with Gasteiger partial charge in [-0.3, -0.25) is 9.59 Å². The van der Waals surface area contributed by atoms with Gasteiger partial charge in [-0.15, -0.1) is 0 Å². The quantitative estimate of drug-likeness (QED) is 0.586. The topological polar surface area (TPSA) is 62.3 Å². The number of piperazine rings is 1. The second kappa shape index (κ2) is 9.47. The summed E-state index contributed by atoms with van der Waals surface area (Å²) in [4.78, 5) is 31.8. The van der Waals surface area contributed by atoms with Gasteiger partial charge in [-0.25, -0.2) is 0 Å². The highest BCUT2D eigenvalue weighted by Gasteiger charge is 2.28. The molecule has 0 radical (unpaired) electrons. The molecular weight excluding hydrogens is 430 g/mol. The highest BCUT2D eigenvalue weighted by molar-refractivity contribution is 6.01. The van der Waals surface area contributed by atoms with E-state index in [0.717, 1.165) is 30.1 Å². The van der Waals surface area contributed by atoms with Gasteiger partial charge in [0.15, 0.2) is 6.61 Å². The highest BCUT2D eigenvalue weighted by Crippen LogP contribution is 2.34. The molecule has 1 saturated heterocycles. The van der Waals surface area contributed by atoms with Crippen molar-refractivity contribution in [2.45, 2.75) is 6.54 Å². The van der Waals surface area contributed by atoms with Gasteiger partial charge in [-0.05, 0) is 35.9 Å². The number of carbonyl (C=O) groups excluding carboxylic acids is 2. The third kappa shape index (κ3) is 4.41. The van der Waals surface area contributed by atoms with E-state index in [4.69, 9.17) is 9.47 Å². The summed E-state index contributed by atoms with van der Waals surface area (Å²) in [5.74, 6) is 1.29. The third-order valence-corrected chi connectivity index (χ3v) is 6.32. The van der Waals surface area contributed by atoms with Crippen LogP contribution in [0.25, 0.3) is 0 Å². The van der Waals surface area contributed by atoms with Gasteiger partial charge in [0.05, 0.1) is 19.3 Å². The lowest BCUT2D eigenvalue weighted by Gasteiger charge is -2.36. The van der Waals surface area contributed by atoms with Gasteiger partial charge in [0.25, 0.3) is 11.8 Å². The summed E-state index contributed by atoms with van der Waals surface area (Å²) in [7, 11) is 1.66. The van der Waals surface area contributed by atoms with Crippen molar-refractivity contribution in [3.63, 3.8) is 0 Å². The normalized spacial score (nSPS) is 15.6. The van der Waals surface area contributed by atoms with Crippen molar-refractivity contribution >= 4 is 23.2 Å². The van der Waals surface area contributed by atoms with Crippen molar-refractivity contribution in [2.75, 3.05) is 49.7 Å². The van der Waals surface area contributed by atoms with Crippen molar-refractivity contribution < 1.29 is 19.1 Å². The van der Waals surface area contributed by atoms with Gasteiger partial charge in [0.1, 0.15) is 11.5 Å². The van der Waals surface area contributed by atoms with Crippen molar-refractivity contribution in [2.24, 2.45) is 0 Å². The van der Waals surface area contributed by atoms with Crippen LogP contribution in [0.1, 0.15) is 15.9 Å². The number of benzene rings is 3. The number of anilines is 2. The van der Waals surface area contributed by atoms with Gasteiger partial charge >= 0.3 is 0 Å². The zero-order valence-electron chi connectivity index (χ0n) is 19.1. The second-order valence-corrected chi connectivity index (χ2v) is 8.42. The Morgan fingerprint density at radius 3 is 2.50 bits per heavy atom. The fourth-order valence-electron chi connectivity index (χ4n) is 4.43. The Bertz CT molecular complexity index is 1190. The molecule has 2 heterocycles. The molecule has 34 heavy (non-hydrogen) atoms. The molecule has 0 unspecified atom stereocenters. The van der Waals surface area contributed by atoms with E-state index in [9.17, 15) is 9.59 Å². The standard InChI is InChI=1S/C27H27N3O4/c1-33-23-9-5-8-22(17-23)28-12-14-29(15-13-28)27(32)21-10-11-25-24(16-21)30(26(31)19-34-25)18-20-6-3-2-4-7-20/h2-11,16-17H,12-15,18-19H2,1H3. The Morgan fingerprint density at radius 1 is 0.941 bits per heavy atom. The number of hydrogen-bond donors (Lipinski definition) is 0. The first-order valence-corrected chi connectivity index (χ1v) is 11.4. The number of hydrogen-bond acceptors (Lipinski definition) is 5. The molecule has 3 aromatic carbocycles. The van der Waals surface area contributed by atoms with Crippen LogP contribution in [0.4, 0.5) is 11.4 Å². The van der Waals surface area contributed by atoms with Crippen LogP contribution in [0.2, 0.25) is 0 Å². The van der Waals surface area contributed by atoms with Crippen LogP contribution in [0.3, 0.4) is 0 Å². The summed E-state index contributed by atoms with van der Waals surface area (Å²) < 4.78 is 11.0. The van der Waals surface area contributed by atoms with Crippen molar-refractivity contribution in [3.05, 3.63) is 83.9 Å². The van der Waals surface area contributed by atoms with E-state index in [1.54, 1.807) is 30.2 Å². The van der Waals surface area contributed by atoms with E-state index in [0.29, 0.717) is 36.6 Å². The summed E-state index contributed by atoms with van der Waals surface area (Å²) in [6.07, 6.45) is 0. The molecule has 1 fully saturated rings. The molecule has 7 heteroatoms. The maximum atomic E-state index is 13.3. The van der Waals surface area contributed by atoms with Gasteiger partial charge in [0.2, 0.25) is 0 Å². The van der Waals surface area contributed by atoms with Crippen molar-refractivity contribution in [1.82, 2.24) is 4.90 Å². The molecule has 5 rings (SSSR count). The molecule has 0 aliphatic carbocycles. The Balaban J connectivity index is 1.31. The first-order valence-electron chi connectivity index (χ1n) is 11.4. The molecule has 7 nitrogen and oxygen atoms in total. The zero-order valence-corrected chi connectivity index (χ0v) is 19.1. The molecular formula is C27H27N3O4. The molecule has 0 bridgehead atoms. The summed E-state index contributed by atoms with van der Waals surface area (Å²) in [6.45, 7) is 3.16. The zero-order chi connectivity index (χ0) is 23.5. The number of nitrogens with zero attached hydrogens (tertiary/aromatic N) is 3. The molecule has 174 valence electrons. The number of carbonyl (C=O) groups is 2. The number of amides is 2. The minimum atomic E-state index is -0.118. The molecule has 0 spiro atoms. The third-order valence-electron chi connectivity index (χ3n) is 6.32. The summed E-state index contributed by atoms with van der Waals surface area (Å²) in [5.41, 5.74) is 3.31. The number of rotatable bonds is 5. The second-order valence-electron chi connectivity index (χ2n) is 8.42. The maximum Gasteiger partial charge on any atom is 0.265 e. The van der Waals surface area contributed by atoms with Gasteiger partial charge in [0, 0.05) is 43.5 Å². The molecule has 0 aromatic heterocycles. The first-order chi connectivity index (χ1) is 16.6. The first kappa shape index (κ1) is 21.8. The molecule has 0 atom stereocenters. The molecule has 2 amide bonds. The number of ether oxygens (including phenoxy) is 2. The largest absolute Gasteiger partial charge is 0.497 e. The van der Waals surface area contributed by atoms with Gasteiger partial charge in [-0.1, -0.05) is 36.4 Å². The minimum Gasteiger partial charge on any atom is -0.497 e. The van der Waals surface area contributed by atoms with E-state index in [1.165, 1.54) is 0 Å². The molecule has 0 saturated carbocycles. The van der Waals surface area contributed by atoms with Crippen LogP contribution in [0, 0.1) is 0 Å². The van der Waals surface area contributed by atoms with Crippen LogP contribution < -0.4 is 19.3 Å². The molecule has 2 aliphatic rings. The minimum absolute atomic E-state index is 0.000637. The molecule has 3 aromatic rings. The lowest BCUT2D eigenvalue weighted by atomic mass is 10.1. The number of fused-ring (bicyclic) bond motifs is 1. The van der Waals surface area contributed by atoms with E-state index < -0.39 is 0 Å².